The maximum absolute atomic E-state index is 13.2. The van der Waals surface area contributed by atoms with Gasteiger partial charge in [0.2, 0.25) is 0 Å². The summed E-state index contributed by atoms with van der Waals surface area (Å²) in [6, 6.07) is 9.51. The standard InChI is InChI=1S/C15H12BrFO2/c1-9-3-5-15(13(16)7-9)19-14-6-4-11(17)8-12(14)10(2)18/h3-8H,1-2H3. The highest BCUT2D eigenvalue weighted by Gasteiger charge is 2.12. The van der Waals surface area contributed by atoms with E-state index >= 15 is 0 Å². The van der Waals surface area contributed by atoms with E-state index in [0.29, 0.717) is 11.5 Å². The summed E-state index contributed by atoms with van der Waals surface area (Å²) in [6.07, 6.45) is 0. The third-order valence-corrected chi connectivity index (χ3v) is 3.25. The predicted molar refractivity (Wildman–Crippen MR) is 75.4 cm³/mol. The molecule has 0 bridgehead atoms. The fourth-order valence-corrected chi connectivity index (χ4v) is 2.25. The molecule has 0 amide bonds. The van der Waals surface area contributed by atoms with Gasteiger partial charge in [0, 0.05) is 0 Å². The minimum absolute atomic E-state index is 0.229. The van der Waals surface area contributed by atoms with Gasteiger partial charge in [-0.2, -0.15) is 0 Å². The van der Waals surface area contributed by atoms with Crippen LogP contribution in [0.4, 0.5) is 4.39 Å². The second-order valence-electron chi connectivity index (χ2n) is 4.23. The topological polar surface area (TPSA) is 26.3 Å². The lowest BCUT2D eigenvalue weighted by molar-refractivity contribution is 0.101. The molecule has 0 radical (unpaired) electrons. The molecule has 2 rings (SSSR count). The Bertz CT molecular complexity index is 638. The Morgan fingerprint density at radius 1 is 1.16 bits per heavy atom. The van der Waals surface area contributed by atoms with Gasteiger partial charge in [-0.3, -0.25) is 4.79 Å². The zero-order valence-electron chi connectivity index (χ0n) is 10.5. The molecule has 19 heavy (non-hydrogen) atoms. The van der Waals surface area contributed by atoms with Crippen molar-refractivity contribution < 1.29 is 13.9 Å². The third kappa shape index (κ3) is 3.20. The van der Waals surface area contributed by atoms with Crippen molar-refractivity contribution in [1.82, 2.24) is 0 Å². The minimum atomic E-state index is -0.458. The number of carbonyl (C=O) groups is 1. The van der Waals surface area contributed by atoms with Crippen LogP contribution in [0, 0.1) is 12.7 Å². The monoisotopic (exact) mass is 322 g/mol. The van der Waals surface area contributed by atoms with Gasteiger partial charge in [0.1, 0.15) is 17.3 Å². The molecule has 2 nitrogen and oxygen atoms in total. The van der Waals surface area contributed by atoms with Crippen LogP contribution in [-0.2, 0) is 0 Å². The number of ketones is 1. The molecule has 0 aliphatic rings. The fraction of sp³-hybridized carbons (Fsp3) is 0.133. The Balaban J connectivity index is 2.40. The van der Waals surface area contributed by atoms with Gasteiger partial charge in [-0.25, -0.2) is 4.39 Å². The van der Waals surface area contributed by atoms with Gasteiger partial charge in [0.15, 0.2) is 5.78 Å². The normalized spacial score (nSPS) is 10.3. The van der Waals surface area contributed by atoms with Crippen LogP contribution in [0.15, 0.2) is 40.9 Å². The number of aryl methyl sites for hydroxylation is 1. The van der Waals surface area contributed by atoms with E-state index in [1.165, 1.54) is 25.1 Å². The SMILES string of the molecule is CC(=O)c1cc(F)ccc1Oc1ccc(C)cc1Br. The molecule has 0 fully saturated rings. The van der Waals surface area contributed by atoms with Gasteiger partial charge in [0.05, 0.1) is 10.0 Å². The molecule has 0 unspecified atom stereocenters. The van der Waals surface area contributed by atoms with E-state index in [-0.39, 0.29) is 11.3 Å². The molecule has 0 aromatic heterocycles. The molecule has 0 aliphatic carbocycles. The summed E-state index contributed by atoms with van der Waals surface area (Å²) in [7, 11) is 0. The van der Waals surface area contributed by atoms with Crippen LogP contribution in [0.1, 0.15) is 22.8 Å². The van der Waals surface area contributed by atoms with Gasteiger partial charge in [-0.15, -0.1) is 0 Å². The first kappa shape index (κ1) is 13.7. The van der Waals surface area contributed by atoms with Crippen molar-refractivity contribution in [2.45, 2.75) is 13.8 Å². The Hall–Kier alpha value is -1.68. The van der Waals surface area contributed by atoms with Crippen molar-refractivity contribution in [2.75, 3.05) is 0 Å². The lowest BCUT2D eigenvalue weighted by Gasteiger charge is -2.11. The van der Waals surface area contributed by atoms with E-state index < -0.39 is 5.82 Å². The van der Waals surface area contributed by atoms with Gasteiger partial charge in [0.25, 0.3) is 0 Å². The van der Waals surface area contributed by atoms with Crippen LogP contribution in [-0.4, -0.2) is 5.78 Å². The fourth-order valence-electron chi connectivity index (χ4n) is 1.67. The van der Waals surface area contributed by atoms with Crippen LogP contribution >= 0.6 is 15.9 Å². The van der Waals surface area contributed by atoms with E-state index in [0.717, 1.165) is 10.0 Å². The van der Waals surface area contributed by atoms with Crippen LogP contribution in [0.5, 0.6) is 11.5 Å². The van der Waals surface area contributed by atoms with E-state index in [2.05, 4.69) is 15.9 Å². The van der Waals surface area contributed by atoms with E-state index in [9.17, 15) is 9.18 Å². The average molecular weight is 323 g/mol. The van der Waals surface area contributed by atoms with Crippen molar-refractivity contribution in [1.29, 1.82) is 0 Å². The summed E-state index contributed by atoms with van der Waals surface area (Å²) < 4.78 is 19.6. The quantitative estimate of drug-likeness (QED) is 0.752. The summed E-state index contributed by atoms with van der Waals surface area (Å²) in [4.78, 5) is 11.5. The summed E-state index contributed by atoms with van der Waals surface area (Å²) in [5.74, 6) is 0.233. The molecule has 0 aliphatic heterocycles. The average Bonchev–Trinajstić information content (AvgIpc) is 2.34. The minimum Gasteiger partial charge on any atom is -0.455 e. The van der Waals surface area contributed by atoms with Crippen molar-refractivity contribution in [3.05, 3.63) is 57.8 Å². The number of hydrogen-bond donors (Lipinski definition) is 0. The molecule has 0 saturated heterocycles. The van der Waals surface area contributed by atoms with Gasteiger partial charge in [-0.1, -0.05) is 6.07 Å². The first-order valence-electron chi connectivity index (χ1n) is 5.72. The first-order chi connectivity index (χ1) is 8.97. The molecule has 0 atom stereocenters. The van der Waals surface area contributed by atoms with Crippen molar-refractivity contribution in [2.24, 2.45) is 0 Å². The van der Waals surface area contributed by atoms with Crippen molar-refractivity contribution in [3.8, 4) is 11.5 Å². The lowest BCUT2D eigenvalue weighted by Crippen LogP contribution is -1.98. The maximum Gasteiger partial charge on any atom is 0.163 e. The molecule has 98 valence electrons. The summed E-state index contributed by atoms with van der Waals surface area (Å²) in [5.41, 5.74) is 1.32. The number of rotatable bonds is 3. The maximum atomic E-state index is 13.2. The Morgan fingerprint density at radius 3 is 2.47 bits per heavy atom. The summed E-state index contributed by atoms with van der Waals surface area (Å²) in [6.45, 7) is 3.35. The van der Waals surface area contributed by atoms with E-state index in [1.54, 1.807) is 6.07 Å². The highest BCUT2D eigenvalue weighted by atomic mass is 79.9. The molecular formula is C15H12BrFO2. The summed E-state index contributed by atoms with van der Waals surface area (Å²) >= 11 is 3.40. The van der Waals surface area contributed by atoms with Crippen LogP contribution in [0.25, 0.3) is 0 Å². The molecule has 4 heteroatoms. The van der Waals surface area contributed by atoms with Gasteiger partial charge >= 0.3 is 0 Å². The molecular weight excluding hydrogens is 311 g/mol. The Kier molecular flexibility index (Phi) is 4.00. The number of benzene rings is 2. The van der Waals surface area contributed by atoms with Crippen LogP contribution in [0.2, 0.25) is 0 Å². The molecule has 0 N–H and O–H groups in total. The summed E-state index contributed by atoms with van der Waals surface area (Å²) in [5, 5.41) is 0. The van der Waals surface area contributed by atoms with Crippen molar-refractivity contribution in [3.63, 3.8) is 0 Å². The number of ether oxygens (including phenoxy) is 1. The largest absolute Gasteiger partial charge is 0.455 e. The smallest absolute Gasteiger partial charge is 0.163 e. The molecule has 0 saturated carbocycles. The number of carbonyl (C=O) groups excluding carboxylic acids is 1. The van der Waals surface area contributed by atoms with Gasteiger partial charge < -0.3 is 4.74 Å². The van der Waals surface area contributed by atoms with E-state index in [1.807, 2.05) is 19.1 Å². The number of Topliss-reactive ketones (excluding diaryl/α,β-unsaturated/α-hetero) is 1. The third-order valence-electron chi connectivity index (χ3n) is 2.63. The zero-order valence-corrected chi connectivity index (χ0v) is 12.1. The van der Waals surface area contributed by atoms with E-state index in [4.69, 9.17) is 4.74 Å². The lowest BCUT2D eigenvalue weighted by atomic mass is 10.1. The second-order valence-corrected chi connectivity index (χ2v) is 5.09. The number of halogens is 2. The highest BCUT2D eigenvalue weighted by Crippen LogP contribution is 2.32. The second kappa shape index (κ2) is 5.53. The zero-order chi connectivity index (χ0) is 14.0. The molecule has 2 aromatic carbocycles. The van der Waals surface area contributed by atoms with Crippen molar-refractivity contribution >= 4 is 21.7 Å². The highest BCUT2D eigenvalue weighted by molar-refractivity contribution is 9.10. The van der Waals surface area contributed by atoms with Crippen LogP contribution < -0.4 is 4.74 Å². The molecule has 2 aromatic rings. The number of hydrogen-bond acceptors (Lipinski definition) is 2. The molecule has 0 heterocycles. The van der Waals surface area contributed by atoms with Crippen LogP contribution in [0.3, 0.4) is 0 Å². The Labute approximate surface area is 119 Å². The first-order valence-corrected chi connectivity index (χ1v) is 6.51. The molecule has 0 spiro atoms. The van der Waals surface area contributed by atoms with Gasteiger partial charge in [-0.05, 0) is 65.7 Å². The Morgan fingerprint density at radius 2 is 1.84 bits per heavy atom. The predicted octanol–water partition coefficient (Wildman–Crippen LogP) is 4.89.